The first-order chi connectivity index (χ1) is 10.6. The van der Waals surface area contributed by atoms with Gasteiger partial charge in [-0.15, -0.1) is 5.11 Å². The van der Waals surface area contributed by atoms with Gasteiger partial charge in [0.1, 0.15) is 5.84 Å². The van der Waals surface area contributed by atoms with E-state index in [1.54, 1.807) is 6.07 Å². The number of likely N-dealkylation sites (tertiary alicyclic amines) is 1. The van der Waals surface area contributed by atoms with Crippen LogP contribution in [0.1, 0.15) is 19.3 Å². The summed E-state index contributed by atoms with van der Waals surface area (Å²) in [6.45, 7) is 1.47. The van der Waals surface area contributed by atoms with E-state index >= 15 is 0 Å². The molecule has 0 aliphatic carbocycles. The fourth-order valence-corrected chi connectivity index (χ4v) is 2.27. The van der Waals surface area contributed by atoms with E-state index in [4.69, 9.17) is 5.41 Å². The van der Waals surface area contributed by atoms with E-state index in [1.165, 1.54) is 18.2 Å². The first kappa shape index (κ1) is 15.6. The molecule has 1 saturated heterocycles. The number of rotatable bonds is 4. The molecule has 1 aromatic carbocycles. The van der Waals surface area contributed by atoms with Crippen molar-refractivity contribution in [3.8, 4) is 6.07 Å². The van der Waals surface area contributed by atoms with Gasteiger partial charge in [0, 0.05) is 19.2 Å². The Morgan fingerprint density at radius 2 is 2.05 bits per heavy atom. The van der Waals surface area contributed by atoms with Crippen molar-refractivity contribution >= 4 is 17.2 Å². The van der Waals surface area contributed by atoms with Gasteiger partial charge < -0.3 is 4.90 Å². The summed E-state index contributed by atoms with van der Waals surface area (Å²) < 4.78 is 0. The minimum absolute atomic E-state index is 0.0826. The zero-order chi connectivity index (χ0) is 15.9. The molecule has 1 unspecified atom stereocenters. The van der Waals surface area contributed by atoms with E-state index in [9.17, 15) is 15.4 Å². The summed E-state index contributed by atoms with van der Waals surface area (Å²) in [5, 5.41) is 35.8. The largest absolute Gasteiger partial charge is 0.358 e. The Hall–Kier alpha value is -2.82. The predicted molar refractivity (Wildman–Crippen MR) is 80.2 cm³/mol. The standard InChI is InChI=1S/C14H16N6O2/c15-10-12(14(16)19-8-4-1-5-9-19)18-17-11-6-2-3-7-13(11)20(21)22/h2-3,6-7,12,16H,1,4-5,8-9H2. The van der Waals surface area contributed by atoms with Crippen LogP contribution < -0.4 is 0 Å². The molecule has 0 saturated carbocycles. The number of amidine groups is 1. The van der Waals surface area contributed by atoms with Crippen molar-refractivity contribution in [2.75, 3.05) is 13.1 Å². The Morgan fingerprint density at radius 1 is 1.36 bits per heavy atom. The van der Waals surface area contributed by atoms with E-state index in [0.29, 0.717) is 0 Å². The van der Waals surface area contributed by atoms with E-state index in [1.807, 2.05) is 11.0 Å². The lowest BCUT2D eigenvalue weighted by molar-refractivity contribution is -0.384. The number of piperidine rings is 1. The summed E-state index contributed by atoms with van der Waals surface area (Å²) >= 11 is 0. The average Bonchev–Trinajstić information content (AvgIpc) is 2.56. The van der Waals surface area contributed by atoms with Crippen LogP contribution >= 0.6 is 0 Å². The molecule has 1 aliphatic heterocycles. The van der Waals surface area contributed by atoms with Crippen molar-refractivity contribution in [1.29, 1.82) is 10.7 Å². The average molecular weight is 300 g/mol. The molecule has 0 spiro atoms. The Labute approximate surface area is 127 Å². The third-order valence-corrected chi connectivity index (χ3v) is 3.44. The molecule has 2 rings (SSSR count). The second-order valence-electron chi connectivity index (χ2n) is 4.93. The van der Waals surface area contributed by atoms with Gasteiger partial charge in [-0.1, -0.05) is 12.1 Å². The summed E-state index contributed by atoms with van der Waals surface area (Å²) in [7, 11) is 0. The lowest BCUT2D eigenvalue weighted by atomic mass is 10.1. The van der Waals surface area contributed by atoms with Gasteiger partial charge in [-0.05, 0) is 25.3 Å². The summed E-state index contributed by atoms with van der Waals surface area (Å²) in [5.41, 5.74) is -0.0911. The number of nitriles is 1. The van der Waals surface area contributed by atoms with Crippen LogP contribution in [-0.4, -0.2) is 34.8 Å². The highest BCUT2D eigenvalue weighted by molar-refractivity contribution is 5.87. The van der Waals surface area contributed by atoms with Gasteiger partial charge >= 0.3 is 0 Å². The molecule has 0 radical (unpaired) electrons. The Bertz CT molecular complexity index is 630. The molecule has 0 amide bonds. The van der Waals surface area contributed by atoms with E-state index < -0.39 is 11.0 Å². The lowest BCUT2D eigenvalue weighted by Gasteiger charge is -2.29. The highest BCUT2D eigenvalue weighted by atomic mass is 16.6. The van der Waals surface area contributed by atoms with Crippen LogP contribution in [0.2, 0.25) is 0 Å². The van der Waals surface area contributed by atoms with Crippen molar-refractivity contribution < 1.29 is 4.92 Å². The Morgan fingerprint density at radius 3 is 2.68 bits per heavy atom. The van der Waals surface area contributed by atoms with Gasteiger partial charge in [-0.2, -0.15) is 10.4 Å². The maximum Gasteiger partial charge on any atom is 0.296 e. The molecule has 0 aromatic heterocycles. The number of nitrogens with zero attached hydrogens (tertiary/aromatic N) is 5. The quantitative estimate of drug-likeness (QED) is 0.302. The second kappa shape index (κ2) is 7.26. The molecule has 8 heteroatoms. The predicted octanol–water partition coefficient (Wildman–Crippen LogP) is 3.03. The van der Waals surface area contributed by atoms with Gasteiger partial charge in [-0.3, -0.25) is 15.5 Å². The van der Waals surface area contributed by atoms with Gasteiger partial charge in [0.25, 0.3) is 5.69 Å². The van der Waals surface area contributed by atoms with Crippen molar-refractivity contribution in [1.82, 2.24) is 4.90 Å². The molecule has 1 aromatic rings. The molecule has 1 aliphatic rings. The van der Waals surface area contributed by atoms with Crippen molar-refractivity contribution in [2.45, 2.75) is 25.3 Å². The SMILES string of the molecule is N#CC(N=Nc1ccccc1[N+](=O)[O-])C(=N)N1CCCCC1. The summed E-state index contributed by atoms with van der Waals surface area (Å²) in [4.78, 5) is 12.2. The number of hydrogen-bond acceptors (Lipinski definition) is 6. The molecule has 1 heterocycles. The summed E-state index contributed by atoms with van der Waals surface area (Å²) in [6.07, 6.45) is 3.10. The molecule has 1 N–H and O–H groups in total. The van der Waals surface area contributed by atoms with Crippen LogP contribution in [0.4, 0.5) is 11.4 Å². The van der Waals surface area contributed by atoms with Crippen molar-refractivity contribution in [2.24, 2.45) is 10.2 Å². The topological polar surface area (TPSA) is 119 Å². The zero-order valence-corrected chi connectivity index (χ0v) is 12.0. The molecule has 22 heavy (non-hydrogen) atoms. The van der Waals surface area contributed by atoms with Crippen LogP contribution in [0.3, 0.4) is 0 Å². The summed E-state index contributed by atoms with van der Waals surface area (Å²) in [5.74, 6) is 0.101. The van der Waals surface area contributed by atoms with Gasteiger partial charge in [0.15, 0.2) is 5.69 Å². The van der Waals surface area contributed by atoms with Crippen LogP contribution in [0.25, 0.3) is 0 Å². The minimum atomic E-state index is -1.04. The fourth-order valence-electron chi connectivity index (χ4n) is 2.27. The normalized spacial score (nSPS) is 16.2. The van der Waals surface area contributed by atoms with Crippen LogP contribution in [-0.2, 0) is 0 Å². The van der Waals surface area contributed by atoms with Crippen LogP contribution in [0.5, 0.6) is 0 Å². The first-order valence-electron chi connectivity index (χ1n) is 7.00. The molecule has 8 nitrogen and oxygen atoms in total. The number of nitrogens with one attached hydrogen (secondary N) is 1. The number of azo groups is 1. The van der Waals surface area contributed by atoms with Crippen molar-refractivity contribution in [3.05, 3.63) is 34.4 Å². The highest BCUT2D eigenvalue weighted by Gasteiger charge is 2.22. The molecule has 114 valence electrons. The van der Waals surface area contributed by atoms with Gasteiger partial charge in [-0.25, -0.2) is 0 Å². The zero-order valence-electron chi connectivity index (χ0n) is 12.0. The van der Waals surface area contributed by atoms with Crippen molar-refractivity contribution in [3.63, 3.8) is 0 Å². The smallest absolute Gasteiger partial charge is 0.296 e. The lowest BCUT2D eigenvalue weighted by Crippen LogP contribution is -2.40. The van der Waals surface area contributed by atoms with E-state index in [-0.39, 0.29) is 17.2 Å². The first-order valence-corrected chi connectivity index (χ1v) is 7.00. The number of benzene rings is 1. The number of hydrogen-bond donors (Lipinski definition) is 1. The Kier molecular flexibility index (Phi) is 5.14. The maximum atomic E-state index is 10.9. The third-order valence-electron chi connectivity index (χ3n) is 3.44. The summed E-state index contributed by atoms with van der Waals surface area (Å²) in [6, 6.07) is 6.81. The second-order valence-corrected chi connectivity index (χ2v) is 4.93. The molecule has 0 bridgehead atoms. The van der Waals surface area contributed by atoms with Crippen LogP contribution in [0, 0.1) is 26.9 Å². The van der Waals surface area contributed by atoms with E-state index in [0.717, 1.165) is 32.4 Å². The number of nitro groups is 1. The molecule has 1 atom stereocenters. The highest BCUT2D eigenvalue weighted by Crippen LogP contribution is 2.27. The number of para-hydroxylation sites is 1. The van der Waals surface area contributed by atoms with Gasteiger partial charge in [0.2, 0.25) is 6.04 Å². The Balaban J connectivity index is 2.14. The van der Waals surface area contributed by atoms with Gasteiger partial charge in [0.05, 0.1) is 11.0 Å². The monoisotopic (exact) mass is 300 g/mol. The number of nitro benzene ring substituents is 1. The van der Waals surface area contributed by atoms with E-state index in [2.05, 4.69) is 10.2 Å². The molecule has 1 fully saturated rings. The molecular formula is C14H16N6O2. The fraction of sp³-hybridized carbons (Fsp3) is 0.429. The van der Waals surface area contributed by atoms with Crippen LogP contribution in [0.15, 0.2) is 34.5 Å². The molecular weight excluding hydrogens is 284 g/mol. The maximum absolute atomic E-state index is 10.9. The minimum Gasteiger partial charge on any atom is -0.358 e. The third kappa shape index (κ3) is 3.63.